The minimum Gasteiger partial charge on any atom is -0.0912 e. The maximum absolute atomic E-state index is 4.15. The van der Waals surface area contributed by atoms with E-state index in [2.05, 4.69) is 75.9 Å². The topological polar surface area (TPSA) is 0 Å². The van der Waals surface area contributed by atoms with E-state index in [1.807, 2.05) is 18.2 Å². The second kappa shape index (κ2) is 5.92. The lowest BCUT2D eigenvalue weighted by atomic mass is 9.83. The van der Waals surface area contributed by atoms with Crippen molar-refractivity contribution < 1.29 is 0 Å². The van der Waals surface area contributed by atoms with Gasteiger partial charge >= 0.3 is 0 Å². The van der Waals surface area contributed by atoms with Gasteiger partial charge in [0.25, 0.3) is 0 Å². The summed E-state index contributed by atoms with van der Waals surface area (Å²) in [6.45, 7) is 10.7. The minimum atomic E-state index is 0.00538. The van der Waals surface area contributed by atoms with E-state index >= 15 is 0 Å². The molecular formula is C20H22. The Morgan fingerprint density at radius 2 is 1.55 bits per heavy atom. The molecule has 2 aromatic rings. The first-order valence-electron chi connectivity index (χ1n) is 7.00. The first kappa shape index (κ1) is 14.3. The Kier molecular flexibility index (Phi) is 4.24. The van der Waals surface area contributed by atoms with Crippen LogP contribution in [0.25, 0.3) is 5.57 Å². The van der Waals surface area contributed by atoms with Crippen molar-refractivity contribution in [3.05, 3.63) is 90.0 Å². The van der Waals surface area contributed by atoms with Crippen LogP contribution in [0.5, 0.6) is 0 Å². The first-order chi connectivity index (χ1) is 9.49. The van der Waals surface area contributed by atoms with Gasteiger partial charge in [-0.15, -0.1) is 0 Å². The SMILES string of the molecule is C=C(/C=C\C(C)(C)c1ccc(C)cc1)c1ccccc1. The van der Waals surface area contributed by atoms with Crippen LogP contribution < -0.4 is 0 Å². The molecule has 0 aromatic heterocycles. The number of hydrogen-bond acceptors (Lipinski definition) is 0. The molecule has 0 nitrogen and oxygen atoms in total. The van der Waals surface area contributed by atoms with Gasteiger partial charge in [0, 0.05) is 5.41 Å². The van der Waals surface area contributed by atoms with Crippen LogP contribution in [0.3, 0.4) is 0 Å². The number of rotatable bonds is 4. The smallest absolute Gasteiger partial charge is 0.00786 e. The van der Waals surface area contributed by atoms with Gasteiger partial charge in [0.1, 0.15) is 0 Å². The van der Waals surface area contributed by atoms with Crippen molar-refractivity contribution in [2.24, 2.45) is 0 Å². The Balaban J connectivity index is 2.17. The fourth-order valence-electron chi connectivity index (χ4n) is 2.14. The average molecular weight is 262 g/mol. The van der Waals surface area contributed by atoms with Gasteiger partial charge in [-0.3, -0.25) is 0 Å². The van der Waals surface area contributed by atoms with Crippen LogP contribution in [0.4, 0.5) is 0 Å². The number of hydrogen-bond donors (Lipinski definition) is 0. The zero-order chi connectivity index (χ0) is 14.6. The molecule has 0 atom stereocenters. The van der Waals surface area contributed by atoms with E-state index in [0.717, 1.165) is 5.57 Å². The molecule has 0 aliphatic carbocycles. The third kappa shape index (κ3) is 3.48. The molecule has 0 amide bonds. The van der Waals surface area contributed by atoms with E-state index in [1.165, 1.54) is 16.7 Å². The number of benzene rings is 2. The minimum absolute atomic E-state index is 0.00538. The molecule has 2 rings (SSSR count). The van der Waals surface area contributed by atoms with Crippen LogP contribution in [-0.2, 0) is 5.41 Å². The molecular weight excluding hydrogens is 240 g/mol. The number of allylic oxidation sites excluding steroid dienone is 3. The lowest BCUT2D eigenvalue weighted by molar-refractivity contribution is 0.670. The molecule has 0 N–H and O–H groups in total. The summed E-state index contributed by atoms with van der Waals surface area (Å²) < 4.78 is 0. The van der Waals surface area contributed by atoms with Crippen molar-refractivity contribution in [2.75, 3.05) is 0 Å². The van der Waals surface area contributed by atoms with Gasteiger partial charge in [-0.2, -0.15) is 0 Å². The van der Waals surface area contributed by atoms with Crippen molar-refractivity contribution in [3.8, 4) is 0 Å². The van der Waals surface area contributed by atoms with Crippen LogP contribution in [0.1, 0.15) is 30.5 Å². The molecule has 0 aliphatic rings. The van der Waals surface area contributed by atoms with Crippen LogP contribution in [-0.4, -0.2) is 0 Å². The molecule has 0 radical (unpaired) electrons. The first-order valence-corrected chi connectivity index (χ1v) is 7.00. The normalized spacial score (nSPS) is 11.8. The maximum atomic E-state index is 4.15. The summed E-state index contributed by atoms with van der Waals surface area (Å²) in [5.74, 6) is 0. The van der Waals surface area contributed by atoms with E-state index in [9.17, 15) is 0 Å². The predicted octanol–water partition coefficient (Wildman–Crippen LogP) is 5.54. The van der Waals surface area contributed by atoms with Crippen molar-refractivity contribution in [3.63, 3.8) is 0 Å². The van der Waals surface area contributed by atoms with Gasteiger partial charge < -0.3 is 0 Å². The fraction of sp³-hybridized carbons (Fsp3) is 0.200. The van der Waals surface area contributed by atoms with E-state index in [-0.39, 0.29) is 5.41 Å². The van der Waals surface area contributed by atoms with Crippen molar-refractivity contribution in [1.82, 2.24) is 0 Å². The second-order valence-electron chi connectivity index (χ2n) is 5.81. The van der Waals surface area contributed by atoms with Crippen LogP contribution in [0, 0.1) is 6.92 Å². The van der Waals surface area contributed by atoms with Gasteiger partial charge in [-0.1, -0.05) is 92.7 Å². The molecule has 0 heteroatoms. The highest BCUT2D eigenvalue weighted by Crippen LogP contribution is 2.26. The highest BCUT2D eigenvalue weighted by Gasteiger charge is 2.16. The van der Waals surface area contributed by atoms with Crippen molar-refractivity contribution in [1.29, 1.82) is 0 Å². The maximum Gasteiger partial charge on any atom is 0.00786 e. The summed E-state index contributed by atoms with van der Waals surface area (Å²) >= 11 is 0. The Labute approximate surface area is 122 Å². The predicted molar refractivity (Wildman–Crippen MR) is 88.8 cm³/mol. The van der Waals surface area contributed by atoms with Crippen LogP contribution >= 0.6 is 0 Å². The third-order valence-corrected chi connectivity index (χ3v) is 3.64. The van der Waals surface area contributed by atoms with E-state index in [1.54, 1.807) is 0 Å². The molecule has 0 heterocycles. The molecule has 102 valence electrons. The van der Waals surface area contributed by atoms with Crippen LogP contribution in [0.2, 0.25) is 0 Å². The summed E-state index contributed by atoms with van der Waals surface area (Å²) in [6.07, 6.45) is 4.35. The van der Waals surface area contributed by atoms with Crippen LogP contribution in [0.15, 0.2) is 73.3 Å². The van der Waals surface area contributed by atoms with Gasteiger partial charge in [-0.05, 0) is 23.6 Å². The molecule has 0 bridgehead atoms. The number of aryl methyl sites for hydroxylation is 1. The monoisotopic (exact) mass is 262 g/mol. The Bertz CT molecular complexity index is 598. The zero-order valence-electron chi connectivity index (χ0n) is 12.6. The Morgan fingerprint density at radius 3 is 2.15 bits per heavy atom. The van der Waals surface area contributed by atoms with E-state index in [4.69, 9.17) is 0 Å². The highest BCUT2D eigenvalue weighted by molar-refractivity contribution is 5.72. The molecule has 0 saturated heterocycles. The molecule has 0 saturated carbocycles. The zero-order valence-corrected chi connectivity index (χ0v) is 12.6. The van der Waals surface area contributed by atoms with Gasteiger partial charge in [0.15, 0.2) is 0 Å². The molecule has 0 spiro atoms. The summed E-state index contributed by atoms with van der Waals surface area (Å²) in [4.78, 5) is 0. The second-order valence-corrected chi connectivity index (χ2v) is 5.81. The molecule has 0 aliphatic heterocycles. The summed E-state index contributed by atoms with van der Waals surface area (Å²) in [6, 6.07) is 19.0. The summed E-state index contributed by atoms with van der Waals surface area (Å²) in [7, 11) is 0. The molecule has 0 fully saturated rings. The average Bonchev–Trinajstić information content (AvgIpc) is 2.46. The summed E-state index contributed by atoms with van der Waals surface area (Å²) in [5, 5.41) is 0. The highest BCUT2D eigenvalue weighted by atomic mass is 14.2. The lowest BCUT2D eigenvalue weighted by Crippen LogP contribution is -2.13. The standard InChI is InChI=1S/C20H22/c1-16-10-12-19(13-11-16)20(3,4)15-14-17(2)18-8-6-5-7-9-18/h5-15H,2H2,1,3-4H3/b15-14-. The fourth-order valence-corrected chi connectivity index (χ4v) is 2.14. The Hall–Kier alpha value is -2.08. The largest absolute Gasteiger partial charge is 0.0912 e. The van der Waals surface area contributed by atoms with Crippen molar-refractivity contribution >= 4 is 5.57 Å². The Morgan fingerprint density at radius 1 is 0.950 bits per heavy atom. The van der Waals surface area contributed by atoms with E-state index < -0.39 is 0 Å². The molecule has 20 heavy (non-hydrogen) atoms. The van der Waals surface area contributed by atoms with Gasteiger partial charge in [0.2, 0.25) is 0 Å². The third-order valence-electron chi connectivity index (χ3n) is 3.64. The lowest BCUT2D eigenvalue weighted by Gasteiger charge is -2.21. The quantitative estimate of drug-likeness (QED) is 0.634. The summed E-state index contributed by atoms with van der Waals surface area (Å²) in [5.41, 5.74) is 4.84. The molecule has 2 aromatic carbocycles. The van der Waals surface area contributed by atoms with Gasteiger partial charge in [0.05, 0.1) is 0 Å². The van der Waals surface area contributed by atoms with Crippen molar-refractivity contribution in [2.45, 2.75) is 26.2 Å². The van der Waals surface area contributed by atoms with Gasteiger partial charge in [-0.25, -0.2) is 0 Å². The van der Waals surface area contributed by atoms with E-state index in [0.29, 0.717) is 0 Å². The molecule has 0 unspecified atom stereocenters.